The van der Waals surface area contributed by atoms with E-state index >= 15 is 0 Å². The first kappa shape index (κ1) is 69.2. The van der Waals surface area contributed by atoms with Crippen LogP contribution in [0.5, 0.6) is 0 Å². The third-order valence-corrected chi connectivity index (χ3v) is 32.0. The minimum absolute atomic E-state index is 0.0949. The van der Waals surface area contributed by atoms with Gasteiger partial charge in [0.15, 0.2) is 0 Å². The molecule has 26 rings (SSSR count). The lowest BCUT2D eigenvalue weighted by Gasteiger charge is -2.24. The fraction of sp³-hybridized carbons (Fsp3) is 0.183. The highest BCUT2D eigenvalue weighted by atomic mass is 14.5. The fourth-order valence-electron chi connectivity index (χ4n) is 25.4. The molecular formula is C120H92. The SMILES string of the molecule is CC1(C)c2cc(-c3ccc4c5ccc(-c6ccc7c(c6)C(C)(C)c6cc8c(cc6-7)C(C)(C)c6ccccc6-8)cc5c5c6cc(-c7ccc8c(c7)C(C)(C)c7cc9c(cc7-8)C(C)(C)c7ccccc7-9)ccc6c6ccc(-c7ccc8c(c7)C(C)(C)c7cc9c(cc7-8)C(C)(C)c7ccccc7-9)cc6c5c4c3)ccc2-c2cc3c(cc21)-c1ccccc1C3. The lowest BCUT2D eigenvalue weighted by molar-refractivity contribution is 0.652. The summed E-state index contributed by atoms with van der Waals surface area (Å²) < 4.78 is 0. The first-order chi connectivity index (χ1) is 57.7. The van der Waals surface area contributed by atoms with Crippen LogP contribution in [0.1, 0.15) is 186 Å². The first-order valence-electron chi connectivity index (χ1n) is 43.8. The molecule has 8 aliphatic carbocycles. The third kappa shape index (κ3) is 8.67. The van der Waals surface area contributed by atoms with Gasteiger partial charge in [-0.3, -0.25) is 0 Å². The summed E-state index contributed by atoms with van der Waals surface area (Å²) in [7, 11) is 0. The predicted octanol–water partition coefficient (Wildman–Crippen LogP) is 31.8. The molecular weight excluding hydrogens is 1440 g/mol. The van der Waals surface area contributed by atoms with Crippen LogP contribution >= 0.6 is 0 Å². The molecule has 120 heavy (non-hydrogen) atoms. The minimum atomic E-state index is -0.231. The molecule has 0 radical (unpaired) electrons. The van der Waals surface area contributed by atoms with Crippen LogP contribution in [0.4, 0.5) is 0 Å². The highest BCUT2D eigenvalue weighted by Gasteiger charge is 2.47. The van der Waals surface area contributed by atoms with E-state index in [1.165, 1.54) is 276 Å². The van der Waals surface area contributed by atoms with Crippen molar-refractivity contribution >= 4 is 53.9 Å². The smallest absolute Gasteiger partial charge is 0.0159 e. The summed E-state index contributed by atoms with van der Waals surface area (Å²) in [6, 6.07) is 117. The lowest BCUT2D eigenvalue weighted by Crippen LogP contribution is -2.17. The number of benzene rings is 18. The van der Waals surface area contributed by atoms with E-state index in [9.17, 15) is 0 Å². The van der Waals surface area contributed by atoms with Gasteiger partial charge >= 0.3 is 0 Å². The second-order valence-corrected chi connectivity index (χ2v) is 40.6. The van der Waals surface area contributed by atoms with Gasteiger partial charge in [-0.1, -0.05) is 291 Å². The van der Waals surface area contributed by atoms with Gasteiger partial charge in [0.2, 0.25) is 0 Å². The molecule has 0 nitrogen and oxygen atoms in total. The molecule has 0 unspecified atom stereocenters. The quantitative estimate of drug-likeness (QED) is 0.154. The second kappa shape index (κ2) is 22.6. The molecule has 572 valence electrons. The molecule has 0 atom stereocenters. The molecule has 0 N–H and O–H groups in total. The van der Waals surface area contributed by atoms with Gasteiger partial charge < -0.3 is 0 Å². The van der Waals surface area contributed by atoms with Crippen LogP contribution in [0.25, 0.3) is 187 Å². The summed E-state index contributed by atoms with van der Waals surface area (Å²) in [6.07, 6.45) is 0.980. The molecule has 0 saturated carbocycles. The van der Waals surface area contributed by atoms with Crippen molar-refractivity contribution in [2.45, 2.75) is 141 Å². The summed E-state index contributed by atoms with van der Waals surface area (Å²) >= 11 is 0. The van der Waals surface area contributed by atoms with Gasteiger partial charge in [-0.15, -0.1) is 0 Å². The van der Waals surface area contributed by atoms with Gasteiger partial charge in [0.05, 0.1) is 0 Å². The Morgan fingerprint density at radius 3 is 0.642 bits per heavy atom. The molecule has 0 aromatic heterocycles. The highest BCUT2D eigenvalue weighted by molar-refractivity contribution is 6.40. The maximum absolute atomic E-state index is 2.59. The molecule has 8 aliphatic rings. The molecule has 0 aliphatic heterocycles. The Hall–Kier alpha value is -12.7. The Bertz CT molecular complexity index is 7390. The zero-order chi connectivity index (χ0) is 81.0. The molecule has 0 saturated heterocycles. The van der Waals surface area contributed by atoms with Gasteiger partial charge in [0.1, 0.15) is 0 Å². The normalized spacial score (nSPS) is 16.9. The Kier molecular flexibility index (Phi) is 13.0. The molecule has 0 amide bonds. The van der Waals surface area contributed by atoms with Gasteiger partial charge in [0, 0.05) is 37.9 Å². The zero-order valence-corrected chi connectivity index (χ0v) is 70.9. The summed E-state index contributed by atoms with van der Waals surface area (Å²) in [5.74, 6) is 0. The van der Waals surface area contributed by atoms with Crippen LogP contribution in [-0.4, -0.2) is 0 Å². The molecule has 18 aromatic carbocycles. The highest BCUT2D eigenvalue weighted by Crippen LogP contribution is 2.63. The van der Waals surface area contributed by atoms with Crippen molar-refractivity contribution in [3.05, 3.63) is 380 Å². The molecule has 0 fully saturated rings. The Balaban J connectivity index is 0.701. The Morgan fingerprint density at radius 1 is 0.142 bits per heavy atom. The molecule has 0 heteroatoms. The van der Waals surface area contributed by atoms with Gasteiger partial charge in [0.25, 0.3) is 0 Å². The van der Waals surface area contributed by atoms with E-state index in [4.69, 9.17) is 0 Å². The molecule has 18 aromatic rings. The predicted molar refractivity (Wildman–Crippen MR) is 507 cm³/mol. The topological polar surface area (TPSA) is 0 Å². The van der Waals surface area contributed by atoms with E-state index < -0.39 is 0 Å². The average molecular weight is 1530 g/mol. The van der Waals surface area contributed by atoms with Crippen LogP contribution in [0.15, 0.2) is 291 Å². The summed E-state index contributed by atoms with van der Waals surface area (Å²) in [5, 5.41) is 12.7. The Morgan fingerprint density at radius 2 is 0.350 bits per heavy atom. The molecule has 0 heterocycles. The van der Waals surface area contributed by atoms with Crippen molar-refractivity contribution in [3.8, 4) is 134 Å². The fourth-order valence-corrected chi connectivity index (χ4v) is 25.4. The second-order valence-electron chi connectivity index (χ2n) is 40.6. The zero-order valence-electron chi connectivity index (χ0n) is 70.9. The van der Waals surface area contributed by atoms with Crippen molar-refractivity contribution < 1.29 is 0 Å². The number of fused-ring (bicyclic) bond motifs is 35. The number of hydrogen-bond acceptors (Lipinski definition) is 0. The summed E-state index contributed by atoms with van der Waals surface area (Å²) in [6.45, 7) is 34.2. The van der Waals surface area contributed by atoms with E-state index in [-0.39, 0.29) is 37.9 Å². The molecule has 0 bridgehead atoms. The van der Waals surface area contributed by atoms with E-state index in [0.717, 1.165) is 6.42 Å². The van der Waals surface area contributed by atoms with Crippen LogP contribution in [-0.2, 0) is 44.3 Å². The van der Waals surface area contributed by atoms with Crippen molar-refractivity contribution in [2.75, 3.05) is 0 Å². The van der Waals surface area contributed by atoms with Crippen molar-refractivity contribution in [3.63, 3.8) is 0 Å². The van der Waals surface area contributed by atoms with Crippen molar-refractivity contribution in [1.29, 1.82) is 0 Å². The van der Waals surface area contributed by atoms with Crippen LogP contribution < -0.4 is 0 Å². The maximum Gasteiger partial charge on any atom is 0.0159 e. The largest absolute Gasteiger partial charge is 0.0619 e. The van der Waals surface area contributed by atoms with Crippen molar-refractivity contribution in [2.24, 2.45) is 0 Å². The minimum Gasteiger partial charge on any atom is -0.0619 e. The third-order valence-electron chi connectivity index (χ3n) is 32.0. The maximum atomic E-state index is 2.59. The van der Waals surface area contributed by atoms with E-state index in [1.54, 1.807) is 0 Å². The number of rotatable bonds is 4. The van der Waals surface area contributed by atoms with Crippen LogP contribution in [0.2, 0.25) is 0 Å². The first-order valence-corrected chi connectivity index (χ1v) is 43.8. The van der Waals surface area contributed by atoms with Gasteiger partial charge in [-0.2, -0.15) is 0 Å². The van der Waals surface area contributed by atoms with Crippen LogP contribution in [0, 0.1) is 0 Å². The van der Waals surface area contributed by atoms with Gasteiger partial charge in [-0.05, 0) is 380 Å². The van der Waals surface area contributed by atoms with Crippen LogP contribution in [0.3, 0.4) is 0 Å². The summed E-state index contributed by atoms with van der Waals surface area (Å²) in [5.41, 5.74) is 53.2. The van der Waals surface area contributed by atoms with E-state index in [2.05, 4.69) is 388 Å². The van der Waals surface area contributed by atoms with E-state index in [0.29, 0.717) is 0 Å². The monoisotopic (exact) mass is 1530 g/mol. The Labute approximate surface area is 704 Å². The number of hydrogen-bond donors (Lipinski definition) is 0. The van der Waals surface area contributed by atoms with E-state index in [1.807, 2.05) is 0 Å². The average Bonchev–Trinajstić information content (AvgIpc) is 1.29. The van der Waals surface area contributed by atoms with Crippen molar-refractivity contribution in [1.82, 2.24) is 0 Å². The molecule has 0 spiro atoms. The van der Waals surface area contributed by atoms with Gasteiger partial charge in [-0.25, -0.2) is 0 Å². The lowest BCUT2D eigenvalue weighted by atomic mass is 9.79. The standard InChI is InChI=1S/C120H92/c1-114(2)98-28-20-17-25-79(98)88-58-109-91(61-106(88)114)83-44-36-69(54-102(83)118(109,9)10)65-33-41-77-78-42-34-67(71-38-46-85-93-63-108-90(60-111(93)120(13,14)104(85)56-71)81-27-19-22-30-100(81)116(108,5)6)51-97(78)113-96-50-66(70-37-45-84-92-62-107-89(59-110(92)119(11,12)103(84)55-70)80-26-18-21-29-99(80)115(107,3)4)32-40-76(96)75-39-31-64(48-94(75)112(113)95(77)49-65)68-35-43-82-87-52-73-47-72-23-15-16-24-74(72)86(73)57-105(87)117(7,8)101(82)53-68/h15-46,48-63H,47H2,1-14H3. The summed E-state index contributed by atoms with van der Waals surface area (Å²) in [4.78, 5) is 0.